The molecule has 0 aliphatic heterocycles. The second-order valence-electron chi connectivity index (χ2n) is 3.74. The number of aryl methyl sites for hydroxylation is 2. The lowest BCUT2D eigenvalue weighted by Gasteiger charge is -2.02. The monoisotopic (exact) mass is 220 g/mol. The number of hydrogen-bond acceptors (Lipinski definition) is 1. The molecule has 0 radical (unpaired) electrons. The maximum atomic E-state index is 2.29. The first kappa shape index (κ1) is 12.4. The highest BCUT2D eigenvalue weighted by atomic mass is 32.2. The van der Waals surface area contributed by atoms with Crippen LogP contribution in [0.5, 0.6) is 0 Å². The highest BCUT2D eigenvalue weighted by Gasteiger charge is 1.93. The van der Waals surface area contributed by atoms with Crippen molar-refractivity contribution >= 4 is 11.8 Å². The second kappa shape index (κ2) is 7.58. The normalized spacial score (nSPS) is 11.1. The van der Waals surface area contributed by atoms with E-state index >= 15 is 0 Å². The molecule has 0 aliphatic rings. The number of benzene rings is 1. The topological polar surface area (TPSA) is 0 Å². The van der Waals surface area contributed by atoms with Crippen molar-refractivity contribution < 1.29 is 0 Å². The van der Waals surface area contributed by atoms with Crippen LogP contribution in [-0.4, -0.2) is 11.5 Å². The number of allylic oxidation sites excluding steroid dienone is 1. The van der Waals surface area contributed by atoms with Crippen molar-refractivity contribution in [3.05, 3.63) is 47.5 Å². The summed E-state index contributed by atoms with van der Waals surface area (Å²) in [4.78, 5) is 0. The Morgan fingerprint density at radius 2 is 2.20 bits per heavy atom. The molecule has 0 spiro atoms. The summed E-state index contributed by atoms with van der Waals surface area (Å²) in [5.74, 6) is 2.42. The van der Waals surface area contributed by atoms with E-state index in [1.165, 1.54) is 29.7 Å². The van der Waals surface area contributed by atoms with Crippen molar-refractivity contribution in [1.29, 1.82) is 0 Å². The molecule has 0 bridgehead atoms. The summed E-state index contributed by atoms with van der Waals surface area (Å²) in [5, 5.41) is 0. The third kappa shape index (κ3) is 5.68. The summed E-state index contributed by atoms with van der Waals surface area (Å²) in [7, 11) is 0. The highest BCUT2D eigenvalue weighted by molar-refractivity contribution is 7.99. The van der Waals surface area contributed by atoms with Crippen LogP contribution in [-0.2, 0) is 6.42 Å². The van der Waals surface area contributed by atoms with E-state index in [2.05, 4.69) is 50.3 Å². The molecule has 1 aromatic rings. The second-order valence-corrected chi connectivity index (χ2v) is 4.89. The SMILES string of the molecule is C/C=C\CSCCCc1cccc(C)c1. The molecule has 0 fully saturated rings. The first-order valence-corrected chi connectivity index (χ1v) is 6.73. The lowest BCUT2D eigenvalue weighted by Crippen LogP contribution is -1.88. The Labute approximate surface area is 97.8 Å². The van der Waals surface area contributed by atoms with Gasteiger partial charge in [-0.15, -0.1) is 0 Å². The van der Waals surface area contributed by atoms with E-state index in [0.717, 1.165) is 5.75 Å². The third-order valence-corrected chi connectivity index (χ3v) is 3.29. The van der Waals surface area contributed by atoms with Crippen molar-refractivity contribution in [3.8, 4) is 0 Å². The molecule has 82 valence electrons. The van der Waals surface area contributed by atoms with E-state index in [0.29, 0.717) is 0 Å². The van der Waals surface area contributed by atoms with E-state index in [1.807, 2.05) is 11.8 Å². The van der Waals surface area contributed by atoms with Crippen LogP contribution in [0, 0.1) is 6.92 Å². The van der Waals surface area contributed by atoms with Gasteiger partial charge in [0.25, 0.3) is 0 Å². The molecular weight excluding hydrogens is 200 g/mol. The molecule has 1 heteroatoms. The minimum atomic E-state index is 1.16. The molecule has 0 nitrogen and oxygen atoms in total. The zero-order valence-corrected chi connectivity index (χ0v) is 10.5. The van der Waals surface area contributed by atoms with Crippen LogP contribution < -0.4 is 0 Å². The van der Waals surface area contributed by atoms with E-state index in [-0.39, 0.29) is 0 Å². The number of rotatable bonds is 6. The molecule has 0 amide bonds. The van der Waals surface area contributed by atoms with Gasteiger partial charge in [0.15, 0.2) is 0 Å². The van der Waals surface area contributed by atoms with Gasteiger partial charge in [-0.1, -0.05) is 42.0 Å². The van der Waals surface area contributed by atoms with Gasteiger partial charge in [0.1, 0.15) is 0 Å². The van der Waals surface area contributed by atoms with E-state index < -0.39 is 0 Å². The minimum absolute atomic E-state index is 1.16. The zero-order valence-electron chi connectivity index (χ0n) is 9.70. The van der Waals surface area contributed by atoms with Crippen molar-refractivity contribution in [1.82, 2.24) is 0 Å². The van der Waals surface area contributed by atoms with Crippen LogP contribution >= 0.6 is 11.8 Å². The van der Waals surface area contributed by atoms with Gasteiger partial charge >= 0.3 is 0 Å². The Bertz CT molecular complexity index is 302. The van der Waals surface area contributed by atoms with Gasteiger partial charge in [0, 0.05) is 5.75 Å². The van der Waals surface area contributed by atoms with Gasteiger partial charge in [-0.05, 0) is 38.0 Å². The lowest BCUT2D eigenvalue weighted by molar-refractivity contribution is 0.932. The molecule has 0 unspecified atom stereocenters. The molecule has 0 saturated heterocycles. The number of thioether (sulfide) groups is 1. The Morgan fingerprint density at radius 1 is 1.33 bits per heavy atom. The quantitative estimate of drug-likeness (QED) is 0.510. The molecule has 0 heterocycles. The summed E-state index contributed by atoms with van der Waals surface area (Å²) >= 11 is 2.01. The van der Waals surface area contributed by atoms with Crippen LogP contribution in [0.15, 0.2) is 36.4 Å². The van der Waals surface area contributed by atoms with Crippen molar-refractivity contribution in [3.63, 3.8) is 0 Å². The first-order chi connectivity index (χ1) is 7.33. The smallest absolute Gasteiger partial charge is 0.0113 e. The standard InChI is InChI=1S/C14H20S/c1-3-4-10-15-11-6-9-14-8-5-7-13(2)12-14/h3-5,7-8,12H,6,9-11H2,1-2H3/b4-3-. The fraction of sp³-hybridized carbons (Fsp3) is 0.429. The molecule has 1 rings (SSSR count). The molecule has 0 aliphatic carbocycles. The minimum Gasteiger partial charge on any atom is -0.158 e. The zero-order chi connectivity index (χ0) is 10.9. The summed E-state index contributed by atoms with van der Waals surface area (Å²) < 4.78 is 0. The van der Waals surface area contributed by atoms with Crippen LogP contribution in [0.2, 0.25) is 0 Å². The molecule has 0 saturated carbocycles. The van der Waals surface area contributed by atoms with Crippen LogP contribution in [0.4, 0.5) is 0 Å². The summed E-state index contributed by atoms with van der Waals surface area (Å²) in [6.07, 6.45) is 6.83. The predicted molar refractivity (Wildman–Crippen MR) is 71.6 cm³/mol. The van der Waals surface area contributed by atoms with Crippen LogP contribution in [0.1, 0.15) is 24.5 Å². The molecule has 0 atom stereocenters. The lowest BCUT2D eigenvalue weighted by atomic mass is 10.1. The van der Waals surface area contributed by atoms with E-state index in [1.54, 1.807) is 0 Å². The van der Waals surface area contributed by atoms with Gasteiger partial charge in [-0.3, -0.25) is 0 Å². The Morgan fingerprint density at radius 3 is 2.93 bits per heavy atom. The third-order valence-electron chi connectivity index (χ3n) is 2.29. The Balaban J connectivity index is 2.15. The maximum absolute atomic E-state index is 2.29. The molecule has 0 N–H and O–H groups in total. The molecule has 0 aromatic heterocycles. The predicted octanol–water partition coefficient (Wildman–Crippen LogP) is 4.24. The summed E-state index contributed by atoms with van der Waals surface area (Å²) in [6, 6.07) is 8.82. The number of hydrogen-bond donors (Lipinski definition) is 0. The molecule has 1 aromatic carbocycles. The van der Waals surface area contributed by atoms with Gasteiger partial charge in [-0.2, -0.15) is 11.8 Å². The summed E-state index contributed by atoms with van der Waals surface area (Å²) in [5.41, 5.74) is 2.84. The van der Waals surface area contributed by atoms with Gasteiger partial charge in [-0.25, -0.2) is 0 Å². The Kier molecular flexibility index (Phi) is 6.26. The summed E-state index contributed by atoms with van der Waals surface area (Å²) in [6.45, 7) is 4.23. The van der Waals surface area contributed by atoms with E-state index in [4.69, 9.17) is 0 Å². The fourth-order valence-corrected chi connectivity index (χ4v) is 2.34. The highest BCUT2D eigenvalue weighted by Crippen LogP contribution is 2.09. The van der Waals surface area contributed by atoms with Gasteiger partial charge in [0.2, 0.25) is 0 Å². The van der Waals surface area contributed by atoms with E-state index in [9.17, 15) is 0 Å². The Hall–Kier alpha value is -0.690. The average molecular weight is 220 g/mol. The fourth-order valence-electron chi connectivity index (χ4n) is 1.49. The van der Waals surface area contributed by atoms with Crippen molar-refractivity contribution in [2.45, 2.75) is 26.7 Å². The first-order valence-electron chi connectivity index (χ1n) is 5.57. The molecular formula is C14H20S. The molecule has 15 heavy (non-hydrogen) atoms. The van der Waals surface area contributed by atoms with Gasteiger partial charge in [0.05, 0.1) is 0 Å². The van der Waals surface area contributed by atoms with Crippen molar-refractivity contribution in [2.75, 3.05) is 11.5 Å². The largest absolute Gasteiger partial charge is 0.158 e. The van der Waals surface area contributed by atoms with Crippen LogP contribution in [0.25, 0.3) is 0 Å². The maximum Gasteiger partial charge on any atom is 0.0113 e. The van der Waals surface area contributed by atoms with Gasteiger partial charge < -0.3 is 0 Å². The average Bonchev–Trinajstić information content (AvgIpc) is 2.23. The van der Waals surface area contributed by atoms with Crippen molar-refractivity contribution in [2.24, 2.45) is 0 Å². The van der Waals surface area contributed by atoms with Crippen LogP contribution in [0.3, 0.4) is 0 Å².